The minimum atomic E-state index is -0.269. The molecule has 3 atom stereocenters. The van der Waals surface area contributed by atoms with E-state index in [1.54, 1.807) is 0 Å². The van der Waals surface area contributed by atoms with Gasteiger partial charge in [-0.1, -0.05) is 60.7 Å². The predicted octanol–water partition coefficient (Wildman–Crippen LogP) is 3.47. The second-order valence-corrected chi connectivity index (χ2v) is 7.40. The molecule has 2 aromatic carbocycles. The van der Waals surface area contributed by atoms with E-state index in [1.165, 1.54) is 5.56 Å². The van der Waals surface area contributed by atoms with Crippen molar-refractivity contribution in [2.45, 2.75) is 44.1 Å². The lowest BCUT2D eigenvalue weighted by Gasteiger charge is -2.41. The average Bonchev–Trinajstić information content (AvgIpc) is 3.47. The fourth-order valence-electron chi connectivity index (χ4n) is 3.72. The summed E-state index contributed by atoms with van der Waals surface area (Å²) in [6.07, 6.45) is 2.26. The van der Waals surface area contributed by atoms with E-state index in [4.69, 9.17) is 4.74 Å². The molecule has 1 N–H and O–H groups in total. The van der Waals surface area contributed by atoms with Gasteiger partial charge in [-0.2, -0.15) is 0 Å². The molecule has 0 aromatic heterocycles. The number of benzene rings is 2. The highest BCUT2D eigenvalue weighted by atomic mass is 16.5. The molecule has 1 aliphatic carbocycles. The zero-order valence-electron chi connectivity index (χ0n) is 15.2. The topological polar surface area (TPSA) is 41.6 Å². The zero-order chi connectivity index (χ0) is 17.9. The summed E-state index contributed by atoms with van der Waals surface area (Å²) in [5.41, 5.74) is 2.21. The van der Waals surface area contributed by atoms with Crippen LogP contribution >= 0.6 is 0 Å². The van der Waals surface area contributed by atoms with Crippen LogP contribution in [0.3, 0.4) is 0 Å². The van der Waals surface area contributed by atoms with E-state index in [2.05, 4.69) is 41.4 Å². The zero-order valence-corrected chi connectivity index (χ0v) is 15.2. The standard InChI is InChI=1S/C22H26N2O2/c1-16-14-24(15-20(26-16)17-8-4-2-5-9-17)21(18-10-6-3-7-11-18)22(25)23-19-12-13-19/h2-11,16,19-21H,12-15H2,1H3,(H,23,25). The number of amides is 1. The highest BCUT2D eigenvalue weighted by Gasteiger charge is 2.36. The fourth-order valence-corrected chi connectivity index (χ4v) is 3.72. The van der Waals surface area contributed by atoms with Crippen LogP contribution in [-0.2, 0) is 9.53 Å². The Morgan fingerprint density at radius 3 is 2.35 bits per heavy atom. The van der Waals surface area contributed by atoms with Gasteiger partial charge in [0.2, 0.25) is 5.91 Å². The number of hydrogen-bond acceptors (Lipinski definition) is 3. The van der Waals surface area contributed by atoms with E-state index in [0.717, 1.165) is 24.9 Å². The van der Waals surface area contributed by atoms with E-state index in [9.17, 15) is 4.79 Å². The Labute approximate surface area is 155 Å². The van der Waals surface area contributed by atoms with Crippen molar-refractivity contribution in [2.24, 2.45) is 0 Å². The van der Waals surface area contributed by atoms with Crippen molar-refractivity contribution in [1.29, 1.82) is 0 Å². The summed E-state index contributed by atoms with van der Waals surface area (Å²) in [5.74, 6) is 0.111. The van der Waals surface area contributed by atoms with Crippen molar-refractivity contribution in [3.8, 4) is 0 Å². The molecule has 4 rings (SSSR count). The molecule has 0 spiro atoms. The average molecular weight is 350 g/mol. The molecule has 2 aliphatic rings. The minimum absolute atomic E-state index is 0.0140. The van der Waals surface area contributed by atoms with Gasteiger partial charge >= 0.3 is 0 Å². The second-order valence-electron chi connectivity index (χ2n) is 7.40. The van der Waals surface area contributed by atoms with Gasteiger partial charge in [-0.3, -0.25) is 9.69 Å². The van der Waals surface area contributed by atoms with Crippen LogP contribution in [0.4, 0.5) is 0 Å². The summed E-state index contributed by atoms with van der Waals surface area (Å²) in [6.45, 7) is 3.55. The first kappa shape index (κ1) is 17.3. The van der Waals surface area contributed by atoms with E-state index >= 15 is 0 Å². The van der Waals surface area contributed by atoms with Gasteiger partial charge in [0.25, 0.3) is 0 Å². The first-order valence-corrected chi connectivity index (χ1v) is 9.50. The van der Waals surface area contributed by atoms with Gasteiger partial charge in [-0.15, -0.1) is 0 Å². The van der Waals surface area contributed by atoms with Gasteiger partial charge in [0.05, 0.1) is 12.2 Å². The van der Waals surface area contributed by atoms with Gasteiger partial charge in [0, 0.05) is 19.1 Å². The van der Waals surface area contributed by atoms with Crippen molar-refractivity contribution in [2.75, 3.05) is 13.1 Å². The largest absolute Gasteiger partial charge is 0.368 e. The van der Waals surface area contributed by atoms with Gasteiger partial charge in [0.15, 0.2) is 0 Å². The van der Waals surface area contributed by atoms with Crippen LogP contribution in [0.2, 0.25) is 0 Å². The van der Waals surface area contributed by atoms with Crippen LogP contribution in [0.1, 0.15) is 43.0 Å². The first-order valence-electron chi connectivity index (χ1n) is 9.50. The molecule has 4 heteroatoms. The smallest absolute Gasteiger partial charge is 0.242 e. The van der Waals surface area contributed by atoms with Gasteiger partial charge in [0.1, 0.15) is 6.04 Å². The number of hydrogen-bond donors (Lipinski definition) is 1. The molecule has 1 aliphatic heterocycles. The van der Waals surface area contributed by atoms with Crippen molar-refractivity contribution in [3.63, 3.8) is 0 Å². The monoisotopic (exact) mass is 350 g/mol. The summed E-state index contributed by atoms with van der Waals surface area (Å²) in [4.78, 5) is 15.3. The summed E-state index contributed by atoms with van der Waals surface area (Å²) in [7, 11) is 0. The predicted molar refractivity (Wildman–Crippen MR) is 102 cm³/mol. The Balaban J connectivity index is 1.60. The molecule has 1 saturated heterocycles. The highest BCUT2D eigenvalue weighted by Crippen LogP contribution is 2.32. The maximum atomic E-state index is 13.0. The molecule has 3 unspecified atom stereocenters. The number of nitrogens with zero attached hydrogens (tertiary/aromatic N) is 1. The molecule has 1 amide bonds. The maximum Gasteiger partial charge on any atom is 0.242 e. The molecule has 2 fully saturated rings. The molecule has 1 saturated carbocycles. The summed E-state index contributed by atoms with van der Waals surface area (Å²) in [5, 5.41) is 3.20. The Bertz CT molecular complexity index is 730. The molecule has 4 nitrogen and oxygen atoms in total. The summed E-state index contributed by atoms with van der Waals surface area (Å²) in [6, 6.07) is 20.5. The lowest BCUT2D eigenvalue weighted by Crippen LogP contribution is -2.49. The van der Waals surface area contributed by atoms with Crippen molar-refractivity contribution >= 4 is 5.91 Å². The van der Waals surface area contributed by atoms with Crippen LogP contribution in [0.5, 0.6) is 0 Å². The van der Waals surface area contributed by atoms with Crippen molar-refractivity contribution < 1.29 is 9.53 Å². The van der Waals surface area contributed by atoms with Gasteiger partial charge < -0.3 is 10.1 Å². The highest BCUT2D eigenvalue weighted by molar-refractivity contribution is 5.83. The lowest BCUT2D eigenvalue weighted by molar-refractivity contribution is -0.134. The third kappa shape index (κ3) is 3.97. The molecule has 2 aromatic rings. The van der Waals surface area contributed by atoms with Crippen LogP contribution < -0.4 is 5.32 Å². The molecule has 1 heterocycles. The van der Waals surface area contributed by atoms with Crippen LogP contribution in [-0.4, -0.2) is 36.0 Å². The number of ether oxygens (including phenoxy) is 1. The Hall–Kier alpha value is -2.17. The van der Waals surface area contributed by atoms with Gasteiger partial charge in [-0.25, -0.2) is 0 Å². The summed E-state index contributed by atoms with van der Waals surface area (Å²) >= 11 is 0. The number of rotatable bonds is 5. The molecule has 136 valence electrons. The van der Waals surface area contributed by atoms with Gasteiger partial charge in [-0.05, 0) is 30.9 Å². The normalized spacial score (nSPS) is 24.8. The van der Waals surface area contributed by atoms with Crippen LogP contribution in [0.15, 0.2) is 60.7 Å². The van der Waals surface area contributed by atoms with Crippen LogP contribution in [0, 0.1) is 0 Å². The van der Waals surface area contributed by atoms with Crippen molar-refractivity contribution in [3.05, 3.63) is 71.8 Å². The molecular formula is C22H26N2O2. The van der Waals surface area contributed by atoms with E-state index < -0.39 is 0 Å². The number of morpholine rings is 1. The Morgan fingerprint density at radius 2 is 1.69 bits per heavy atom. The Kier molecular flexibility index (Phi) is 5.05. The quantitative estimate of drug-likeness (QED) is 0.898. The first-order chi connectivity index (χ1) is 12.7. The molecular weight excluding hydrogens is 324 g/mol. The minimum Gasteiger partial charge on any atom is -0.368 e. The summed E-state index contributed by atoms with van der Waals surface area (Å²) < 4.78 is 6.19. The third-order valence-electron chi connectivity index (χ3n) is 5.11. The fraction of sp³-hybridized carbons (Fsp3) is 0.409. The second kappa shape index (κ2) is 7.60. The van der Waals surface area contributed by atoms with E-state index in [1.807, 2.05) is 36.4 Å². The van der Waals surface area contributed by atoms with Crippen molar-refractivity contribution in [1.82, 2.24) is 10.2 Å². The number of carbonyl (C=O) groups is 1. The molecule has 0 radical (unpaired) electrons. The number of nitrogens with one attached hydrogen (secondary N) is 1. The Morgan fingerprint density at radius 1 is 1.04 bits per heavy atom. The third-order valence-corrected chi connectivity index (χ3v) is 5.11. The lowest BCUT2D eigenvalue weighted by atomic mass is 10.00. The maximum absolute atomic E-state index is 13.0. The molecule has 26 heavy (non-hydrogen) atoms. The molecule has 0 bridgehead atoms. The van der Waals surface area contributed by atoms with E-state index in [0.29, 0.717) is 12.6 Å². The van der Waals surface area contributed by atoms with Crippen LogP contribution in [0.25, 0.3) is 0 Å². The number of carbonyl (C=O) groups excluding carboxylic acids is 1. The van der Waals surface area contributed by atoms with E-state index in [-0.39, 0.29) is 24.2 Å². The SMILES string of the molecule is CC1CN(C(C(=O)NC2CC2)c2ccccc2)CC(c2ccccc2)O1.